The quantitative estimate of drug-likeness (QED) is 0.729. The zero-order valence-electron chi connectivity index (χ0n) is 13.7. The van der Waals surface area contributed by atoms with Crippen molar-refractivity contribution in [3.8, 4) is 0 Å². The van der Waals surface area contributed by atoms with Crippen LogP contribution >= 0.6 is 0 Å². The second kappa shape index (κ2) is 4.34. The lowest BCUT2D eigenvalue weighted by Gasteiger charge is -2.64. The van der Waals surface area contributed by atoms with Crippen LogP contribution in [0.1, 0.15) is 78.1 Å². The standard InChI is InChI=1S/C19H30O2/c1-17-8-3-4-15(17)16-6-5-13-12-14(20)7-9-18(13,2)19(16,21)11-10-17/h13,15-16,21H,3-12H2,1-2H3/t13-,15?,16?,17+,18+,19-/m1/s1. The zero-order chi connectivity index (χ0) is 14.9. The summed E-state index contributed by atoms with van der Waals surface area (Å²) in [4.78, 5) is 11.9. The van der Waals surface area contributed by atoms with Gasteiger partial charge in [-0.3, -0.25) is 4.79 Å². The Bertz CT molecular complexity index is 472. The topological polar surface area (TPSA) is 37.3 Å². The summed E-state index contributed by atoms with van der Waals surface area (Å²) in [6.07, 6.45) is 10.9. The third-order valence-corrected chi connectivity index (χ3v) is 8.45. The summed E-state index contributed by atoms with van der Waals surface area (Å²) < 4.78 is 0. The first-order chi connectivity index (χ1) is 9.89. The molecule has 4 aliphatic rings. The van der Waals surface area contributed by atoms with Gasteiger partial charge in [0.15, 0.2) is 0 Å². The second-order valence-electron chi connectivity index (χ2n) is 9.12. The van der Waals surface area contributed by atoms with Crippen LogP contribution in [0.25, 0.3) is 0 Å². The number of rotatable bonds is 0. The molecule has 2 heteroatoms. The molecular formula is C19H30O2. The van der Waals surface area contributed by atoms with E-state index in [4.69, 9.17) is 0 Å². The van der Waals surface area contributed by atoms with Crippen LogP contribution in [0, 0.1) is 28.6 Å². The Morgan fingerprint density at radius 3 is 2.62 bits per heavy atom. The largest absolute Gasteiger partial charge is 0.389 e. The highest BCUT2D eigenvalue weighted by atomic mass is 16.3. The van der Waals surface area contributed by atoms with Crippen molar-refractivity contribution in [2.75, 3.05) is 0 Å². The van der Waals surface area contributed by atoms with Gasteiger partial charge in [-0.05, 0) is 68.1 Å². The lowest BCUT2D eigenvalue weighted by molar-refractivity contribution is -0.229. The van der Waals surface area contributed by atoms with Crippen LogP contribution in [0.2, 0.25) is 0 Å². The Morgan fingerprint density at radius 1 is 1.00 bits per heavy atom. The average Bonchev–Trinajstić information content (AvgIpc) is 2.83. The number of Topliss-reactive ketones (excluding diaryl/α,β-unsaturated/α-hetero) is 1. The van der Waals surface area contributed by atoms with Gasteiger partial charge in [0.1, 0.15) is 5.78 Å². The van der Waals surface area contributed by atoms with E-state index < -0.39 is 5.60 Å². The van der Waals surface area contributed by atoms with E-state index in [0.717, 1.165) is 31.6 Å². The first-order valence-corrected chi connectivity index (χ1v) is 9.13. The van der Waals surface area contributed by atoms with Gasteiger partial charge in [-0.1, -0.05) is 20.3 Å². The molecule has 21 heavy (non-hydrogen) atoms. The first-order valence-electron chi connectivity index (χ1n) is 9.13. The highest BCUT2D eigenvalue weighted by Crippen LogP contribution is 2.67. The van der Waals surface area contributed by atoms with Crippen LogP contribution in [0.5, 0.6) is 0 Å². The van der Waals surface area contributed by atoms with Crippen molar-refractivity contribution in [1.29, 1.82) is 0 Å². The van der Waals surface area contributed by atoms with E-state index in [9.17, 15) is 9.90 Å². The van der Waals surface area contributed by atoms with Gasteiger partial charge in [-0.25, -0.2) is 0 Å². The van der Waals surface area contributed by atoms with Crippen LogP contribution in [-0.2, 0) is 4.79 Å². The van der Waals surface area contributed by atoms with Gasteiger partial charge in [0.2, 0.25) is 0 Å². The summed E-state index contributed by atoms with van der Waals surface area (Å²) in [5, 5.41) is 11.8. The normalized spacial score (nSPS) is 56.5. The molecule has 0 bridgehead atoms. The number of carbonyl (C=O) groups excluding carboxylic acids is 1. The summed E-state index contributed by atoms with van der Waals surface area (Å²) in [6.45, 7) is 4.79. The molecule has 4 rings (SSSR count). The highest BCUT2D eigenvalue weighted by Gasteiger charge is 2.65. The van der Waals surface area contributed by atoms with Crippen molar-refractivity contribution in [3.05, 3.63) is 0 Å². The molecule has 0 aromatic heterocycles. The van der Waals surface area contributed by atoms with E-state index in [-0.39, 0.29) is 5.41 Å². The van der Waals surface area contributed by atoms with Crippen LogP contribution < -0.4 is 0 Å². The van der Waals surface area contributed by atoms with Crippen LogP contribution in [0.3, 0.4) is 0 Å². The number of aliphatic hydroxyl groups is 1. The summed E-state index contributed by atoms with van der Waals surface area (Å²) in [5.41, 5.74) is -0.0105. The predicted molar refractivity (Wildman–Crippen MR) is 82.8 cm³/mol. The molecule has 0 aromatic carbocycles. The van der Waals surface area contributed by atoms with Crippen molar-refractivity contribution in [1.82, 2.24) is 0 Å². The number of carbonyl (C=O) groups is 1. The summed E-state index contributed by atoms with van der Waals surface area (Å²) in [7, 11) is 0. The minimum atomic E-state index is -0.495. The number of hydrogen-bond acceptors (Lipinski definition) is 2. The van der Waals surface area contributed by atoms with E-state index in [2.05, 4.69) is 13.8 Å². The summed E-state index contributed by atoms with van der Waals surface area (Å²) in [6, 6.07) is 0. The Morgan fingerprint density at radius 2 is 1.81 bits per heavy atom. The zero-order valence-corrected chi connectivity index (χ0v) is 13.7. The van der Waals surface area contributed by atoms with Crippen molar-refractivity contribution in [3.63, 3.8) is 0 Å². The van der Waals surface area contributed by atoms with E-state index in [0.29, 0.717) is 29.5 Å². The maximum absolute atomic E-state index is 11.9. The number of ketones is 1. The van der Waals surface area contributed by atoms with Gasteiger partial charge in [-0.2, -0.15) is 0 Å². The van der Waals surface area contributed by atoms with Crippen molar-refractivity contribution >= 4 is 5.78 Å². The van der Waals surface area contributed by atoms with Crippen LogP contribution in [0.4, 0.5) is 0 Å². The monoisotopic (exact) mass is 290 g/mol. The first kappa shape index (κ1) is 14.2. The molecule has 6 atom stereocenters. The highest BCUT2D eigenvalue weighted by molar-refractivity contribution is 5.79. The smallest absolute Gasteiger partial charge is 0.133 e. The summed E-state index contributed by atoms with van der Waals surface area (Å²) >= 11 is 0. The van der Waals surface area contributed by atoms with Crippen molar-refractivity contribution in [2.45, 2.75) is 83.7 Å². The van der Waals surface area contributed by atoms with Crippen LogP contribution in [-0.4, -0.2) is 16.5 Å². The molecule has 0 aliphatic heterocycles. The third-order valence-electron chi connectivity index (χ3n) is 8.45. The molecule has 4 saturated carbocycles. The Kier molecular flexibility index (Phi) is 2.94. The molecular weight excluding hydrogens is 260 g/mol. The van der Waals surface area contributed by atoms with Crippen LogP contribution in [0.15, 0.2) is 0 Å². The molecule has 4 fully saturated rings. The van der Waals surface area contributed by atoms with E-state index >= 15 is 0 Å². The molecule has 2 unspecified atom stereocenters. The maximum atomic E-state index is 11.9. The van der Waals surface area contributed by atoms with Gasteiger partial charge in [0.25, 0.3) is 0 Å². The fourth-order valence-electron chi connectivity index (χ4n) is 6.98. The number of hydrogen-bond donors (Lipinski definition) is 1. The SMILES string of the molecule is C[C@@]12CCCC1C1CC[C@@H]3CC(=O)CC[C@]3(C)[C@@]1(O)CC2. The molecule has 0 aromatic rings. The second-order valence-corrected chi connectivity index (χ2v) is 9.12. The third kappa shape index (κ3) is 1.72. The Labute approximate surface area is 128 Å². The van der Waals surface area contributed by atoms with E-state index in [1.54, 1.807) is 0 Å². The molecule has 0 radical (unpaired) electrons. The average molecular weight is 290 g/mol. The lowest BCUT2D eigenvalue weighted by Crippen LogP contribution is -2.65. The van der Waals surface area contributed by atoms with Gasteiger partial charge in [0, 0.05) is 18.3 Å². The molecule has 4 aliphatic carbocycles. The van der Waals surface area contributed by atoms with E-state index in [1.807, 2.05) is 0 Å². The summed E-state index contributed by atoms with van der Waals surface area (Å²) in [5.74, 6) is 2.09. The minimum absolute atomic E-state index is 0.00620. The molecule has 118 valence electrons. The molecule has 0 heterocycles. The minimum Gasteiger partial charge on any atom is -0.389 e. The molecule has 0 amide bonds. The fraction of sp³-hybridized carbons (Fsp3) is 0.947. The van der Waals surface area contributed by atoms with Crippen molar-refractivity contribution in [2.24, 2.45) is 28.6 Å². The van der Waals surface area contributed by atoms with Gasteiger partial charge in [0.05, 0.1) is 5.60 Å². The van der Waals surface area contributed by atoms with Gasteiger partial charge in [-0.15, -0.1) is 0 Å². The predicted octanol–water partition coefficient (Wildman–Crippen LogP) is 4.10. The molecule has 2 nitrogen and oxygen atoms in total. The fourth-order valence-corrected chi connectivity index (χ4v) is 6.98. The Hall–Kier alpha value is -0.370. The van der Waals surface area contributed by atoms with E-state index in [1.165, 1.54) is 32.1 Å². The molecule has 0 spiro atoms. The lowest BCUT2D eigenvalue weighted by atomic mass is 9.43. The van der Waals surface area contributed by atoms with Gasteiger partial charge >= 0.3 is 0 Å². The number of fused-ring (bicyclic) bond motifs is 5. The molecule has 0 saturated heterocycles. The molecule has 1 N–H and O–H groups in total. The maximum Gasteiger partial charge on any atom is 0.133 e. The van der Waals surface area contributed by atoms with Crippen molar-refractivity contribution < 1.29 is 9.90 Å². The Balaban J connectivity index is 1.71. The van der Waals surface area contributed by atoms with Gasteiger partial charge < -0.3 is 5.11 Å².